The van der Waals surface area contributed by atoms with Crippen LogP contribution in [0.3, 0.4) is 0 Å². The van der Waals surface area contributed by atoms with Gasteiger partial charge in [0.1, 0.15) is 0 Å². The Kier molecular flexibility index (Phi) is 3.81. The molecule has 82 valence electrons. The van der Waals surface area contributed by atoms with Gasteiger partial charge >= 0.3 is 0 Å². The van der Waals surface area contributed by atoms with Crippen molar-refractivity contribution in [1.82, 2.24) is 0 Å². The Labute approximate surface area is 89.2 Å². The quantitative estimate of drug-likeness (QED) is 0.678. The lowest BCUT2D eigenvalue weighted by molar-refractivity contribution is -0.0287. The SMILES string of the molecule is NC1CCC(C2CCC(P)CO2)CC1. The average Bonchev–Trinajstić information content (AvgIpc) is 2.21. The van der Waals surface area contributed by atoms with Crippen molar-refractivity contribution in [1.29, 1.82) is 0 Å². The van der Waals surface area contributed by atoms with Crippen molar-refractivity contribution in [3.63, 3.8) is 0 Å². The Bertz CT molecular complexity index is 152. The first-order chi connectivity index (χ1) is 6.75. The third kappa shape index (κ3) is 2.68. The predicted octanol–water partition coefficient (Wildman–Crippen LogP) is 1.93. The molecule has 0 aromatic heterocycles. The monoisotopic (exact) mass is 215 g/mol. The van der Waals surface area contributed by atoms with Gasteiger partial charge in [0, 0.05) is 6.04 Å². The van der Waals surface area contributed by atoms with Gasteiger partial charge in [-0.25, -0.2) is 0 Å². The van der Waals surface area contributed by atoms with Gasteiger partial charge in [0.15, 0.2) is 0 Å². The molecule has 3 unspecified atom stereocenters. The lowest BCUT2D eigenvalue weighted by Crippen LogP contribution is -2.36. The lowest BCUT2D eigenvalue weighted by Gasteiger charge is -2.36. The fraction of sp³-hybridized carbons (Fsp3) is 1.00. The largest absolute Gasteiger partial charge is 0.377 e. The molecule has 1 aliphatic carbocycles. The van der Waals surface area contributed by atoms with Gasteiger partial charge in [0.2, 0.25) is 0 Å². The van der Waals surface area contributed by atoms with E-state index in [1.54, 1.807) is 0 Å². The van der Waals surface area contributed by atoms with Crippen molar-refractivity contribution in [2.75, 3.05) is 6.61 Å². The van der Waals surface area contributed by atoms with E-state index in [4.69, 9.17) is 10.5 Å². The van der Waals surface area contributed by atoms with Gasteiger partial charge in [-0.2, -0.15) is 0 Å². The molecule has 1 aliphatic heterocycles. The van der Waals surface area contributed by atoms with Crippen LogP contribution in [-0.4, -0.2) is 24.4 Å². The molecule has 0 bridgehead atoms. The van der Waals surface area contributed by atoms with Crippen molar-refractivity contribution >= 4 is 9.24 Å². The van der Waals surface area contributed by atoms with Crippen molar-refractivity contribution in [2.24, 2.45) is 11.7 Å². The topological polar surface area (TPSA) is 35.2 Å². The third-order valence-electron chi connectivity index (χ3n) is 3.69. The molecule has 0 spiro atoms. The van der Waals surface area contributed by atoms with Crippen LogP contribution in [0.2, 0.25) is 0 Å². The molecule has 2 nitrogen and oxygen atoms in total. The smallest absolute Gasteiger partial charge is 0.0603 e. The van der Waals surface area contributed by atoms with E-state index in [2.05, 4.69) is 9.24 Å². The number of hydrogen-bond acceptors (Lipinski definition) is 2. The molecule has 3 heteroatoms. The fourth-order valence-electron chi connectivity index (χ4n) is 2.68. The number of hydrogen-bond donors (Lipinski definition) is 1. The maximum atomic E-state index is 5.90. The molecule has 1 saturated carbocycles. The summed E-state index contributed by atoms with van der Waals surface area (Å²) in [5.74, 6) is 0.798. The van der Waals surface area contributed by atoms with Gasteiger partial charge in [0.05, 0.1) is 12.7 Å². The van der Waals surface area contributed by atoms with Gasteiger partial charge in [-0.05, 0) is 50.1 Å². The molecule has 2 fully saturated rings. The van der Waals surface area contributed by atoms with Gasteiger partial charge in [0.25, 0.3) is 0 Å². The second-order valence-corrected chi connectivity index (χ2v) is 5.83. The van der Waals surface area contributed by atoms with Crippen LogP contribution in [0.1, 0.15) is 38.5 Å². The van der Waals surface area contributed by atoms with Crippen LogP contribution < -0.4 is 5.73 Å². The van der Waals surface area contributed by atoms with Gasteiger partial charge in [-0.1, -0.05) is 0 Å². The van der Waals surface area contributed by atoms with E-state index in [0.717, 1.165) is 12.5 Å². The molecule has 0 amide bonds. The van der Waals surface area contributed by atoms with Crippen LogP contribution in [0.15, 0.2) is 0 Å². The molecule has 1 saturated heterocycles. The van der Waals surface area contributed by atoms with Crippen molar-refractivity contribution < 1.29 is 4.74 Å². The maximum Gasteiger partial charge on any atom is 0.0603 e. The highest BCUT2D eigenvalue weighted by Gasteiger charge is 2.29. The van der Waals surface area contributed by atoms with E-state index in [1.807, 2.05) is 0 Å². The first-order valence-electron chi connectivity index (χ1n) is 5.88. The molecule has 0 aromatic carbocycles. The molecule has 3 atom stereocenters. The maximum absolute atomic E-state index is 5.90. The second kappa shape index (κ2) is 4.92. The lowest BCUT2D eigenvalue weighted by atomic mass is 9.81. The summed E-state index contributed by atoms with van der Waals surface area (Å²) in [4.78, 5) is 0. The molecular formula is C11H22NOP. The Morgan fingerprint density at radius 3 is 2.29 bits per heavy atom. The van der Waals surface area contributed by atoms with Gasteiger partial charge in [-0.3, -0.25) is 0 Å². The normalized spacial score (nSPS) is 45.0. The Morgan fingerprint density at radius 2 is 1.71 bits per heavy atom. The first kappa shape index (κ1) is 10.9. The summed E-state index contributed by atoms with van der Waals surface area (Å²) in [6.07, 6.45) is 8.09. The summed E-state index contributed by atoms with van der Waals surface area (Å²) in [6, 6.07) is 0.462. The molecule has 14 heavy (non-hydrogen) atoms. The van der Waals surface area contributed by atoms with Crippen LogP contribution >= 0.6 is 9.24 Å². The summed E-state index contributed by atoms with van der Waals surface area (Å²) in [6.45, 7) is 0.942. The summed E-state index contributed by atoms with van der Waals surface area (Å²) in [5.41, 5.74) is 6.60. The summed E-state index contributed by atoms with van der Waals surface area (Å²) < 4.78 is 5.90. The summed E-state index contributed by atoms with van der Waals surface area (Å²) in [7, 11) is 2.87. The molecule has 0 aromatic rings. The number of ether oxygens (including phenoxy) is 1. The van der Waals surface area contributed by atoms with Crippen molar-refractivity contribution in [3.8, 4) is 0 Å². The predicted molar refractivity (Wildman–Crippen MR) is 62.4 cm³/mol. The van der Waals surface area contributed by atoms with Crippen LogP contribution in [0.5, 0.6) is 0 Å². The molecule has 0 radical (unpaired) electrons. The molecule has 2 N–H and O–H groups in total. The van der Waals surface area contributed by atoms with Crippen LogP contribution in [0.4, 0.5) is 0 Å². The van der Waals surface area contributed by atoms with E-state index in [0.29, 0.717) is 17.8 Å². The van der Waals surface area contributed by atoms with Gasteiger partial charge in [-0.15, -0.1) is 9.24 Å². The minimum atomic E-state index is 0.462. The highest BCUT2D eigenvalue weighted by Crippen LogP contribution is 2.32. The summed E-state index contributed by atoms with van der Waals surface area (Å²) >= 11 is 0. The van der Waals surface area contributed by atoms with E-state index in [-0.39, 0.29) is 0 Å². The van der Waals surface area contributed by atoms with Gasteiger partial charge < -0.3 is 10.5 Å². The van der Waals surface area contributed by atoms with Crippen molar-refractivity contribution in [3.05, 3.63) is 0 Å². The van der Waals surface area contributed by atoms with E-state index >= 15 is 0 Å². The zero-order chi connectivity index (χ0) is 9.97. The molecule has 1 heterocycles. The highest BCUT2D eigenvalue weighted by atomic mass is 31.0. The van der Waals surface area contributed by atoms with E-state index in [9.17, 15) is 0 Å². The number of nitrogens with two attached hydrogens (primary N) is 1. The Balaban J connectivity index is 1.78. The van der Waals surface area contributed by atoms with E-state index < -0.39 is 0 Å². The van der Waals surface area contributed by atoms with E-state index in [1.165, 1.54) is 38.5 Å². The zero-order valence-electron chi connectivity index (χ0n) is 8.82. The average molecular weight is 215 g/mol. The fourth-order valence-corrected chi connectivity index (χ4v) is 2.98. The second-order valence-electron chi connectivity index (χ2n) is 4.88. The third-order valence-corrected chi connectivity index (χ3v) is 4.21. The summed E-state index contributed by atoms with van der Waals surface area (Å²) in [5, 5.41) is 0. The van der Waals surface area contributed by atoms with Crippen LogP contribution in [0.25, 0.3) is 0 Å². The standard InChI is InChI=1S/C11H22NOP/c12-9-3-1-8(2-4-9)11-6-5-10(14)7-13-11/h8-11H,1-7,12,14H2. The van der Waals surface area contributed by atoms with Crippen LogP contribution in [0, 0.1) is 5.92 Å². The minimum Gasteiger partial charge on any atom is -0.377 e. The first-order valence-corrected chi connectivity index (χ1v) is 6.55. The highest BCUT2D eigenvalue weighted by molar-refractivity contribution is 7.17. The zero-order valence-corrected chi connectivity index (χ0v) is 9.98. The molecular weight excluding hydrogens is 193 g/mol. The van der Waals surface area contributed by atoms with Crippen LogP contribution in [-0.2, 0) is 4.74 Å². The Morgan fingerprint density at radius 1 is 1.00 bits per heavy atom. The minimum absolute atomic E-state index is 0.462. The number of rotatable bonds is 1. The molecule has 2 aliphatic rings. The Hall–Kier alpha value is 0.350. The van der Waals surface area contributed by atoms with Crippen molar-refractivity contribution in [2.45, 2.75) is 56.3 Å². The molecule has 2 rings (SSSR count).